The van der Waals surface area contributed by atoms with Crippen molar-refractivity contribution in [1.82, 2.24) is 30.2 Å². The highest BCUT2D eigenvalue weighted by Crippen LogP contribution is 2.27. The number of nitrogens with zero attached hydrogens (tertiary/aromatic N) is 5. The second-order valence-electron chi connectivity index (χ2n) is 8.35. The van der Waals surface area contributed by atoms with Crippen LogP contribution in [0.4, 0.5) is 5.95 Å². The number of carbonyl (C=O) groups excluding carboxylic acids is 2. The molecule has 0 unspecified atom stereocenters. The smallest absolute Gasteiger partial charge is 0.259 e. The SMILES string of the molecule is Cc1ccc(-c2cc(C(=O)Nc3ncn(CC(=O)NCc4ccccc4)n3)c3c(C)noc3n2)cc1. The van der Waals surface area contributed by atoms with Crippen molar-refractivity contribution in [1.29, 1.82) is 0 Å². The first kappa shape index (κ1) is 22.9. The number of benzene rings is 2. The minimum Gasteiger partial charge on any atom is -0.350 e. The Morgan fingerprint density at radius 3 is 2.58 bits per heavy atom. The average Bonchev–Trinajstić information content (AvgIpc) is 3.49. The lowest BCUT2D eigenvalue weighted by Crippen LogP contribution is -2.27. The maximum absolute atomic E-state index is 13.2. The predicted octanol–water partition coefficient (Wildman–Crippen LogP) is 3.67. The zero-order valence-electron chi connectivity index (χ0n) is 19.7. The summed E-state index contributed by atoms with van der Waals surface area (Å²) in [6.45, 7) is 4.13. The van der Waals surface area contributed by atoms with Crippen LogP contribution >= 0.6 is 0 Å². The van der Waals surface area contributed by atoms with Gasteiger partial charge in [0.1, 0.15) is 12.9 Å². The zero-order valence-corrected chi connectivity index (χ0v) is 19.7. The summed E-state index contributed by atoms with van der Waals surface area (Å²) in [5.41, 5.74) is 4.69. The first-order valence-electron chi connectivity index (χ1n) is 11.3. The quantitative estimate of drug-likeness (QED) is 0.363. The molecular formula is C26H23N7O3. The van der Waals surface area contributed by atoms with Crippen LogP contribution in [0.5, 0.6) is 0 Å². The molecule has 180 valence electrons. The minimum atomic E-state index is -0.437. The first-order chi connectivity index (χ1) is 17.5. The van der Waals surface area contributed by atoms with E-state index in [9.17, 15) is 9.59 Å². The lowest BCUT2D eigenvalue weighted by Gasteiger charge is -2.07. The molecule has 2 N–H and O–H groups in total. The molecule has 5 rings (SSSR count). The van der Waals surface area contributed by atoms with E-state index in [4.69, 9.17) is 4.52 Å². The number of hydrogen-bond acceptors (Lipinski definition) is 7. The van der Waals surface area contributed by atoms with Crippen LogP contribution in [0, 0.1) is 13.8 Å². The first-order valence-corrected chi connectivity index (χ1v) is 11.3. The van der Waals surface area contributed by atoms with Gasteiger partial charge in [-0.1, -0.05) is 65.3 Å². The van der Waals surface area contributed by atoms with Crippen molar-refractivity contribution in [2.24, 2.45) is 0 Å². The molecule has 2 aromatic carbocycles. The Hall–Kier alpha value is -4.86. The molecule has 0 saturated heterocycles. The van der Waals surface area contributed by atoms with Gasteiger partial charge in [0.05, 0.1) is 22.3 Å². The fourth-order valence-electron chi connectivity index (χ4n) is 3.74. The summed E-state index contributed by atoms with van der Waals surface area (Å²) >= 11 is 0. The molecular weight excluding hydrogens is 458 g/mol. The lowest BCUT2D eigenvalue weighted by molar-refractivity contribution is -0.122. The van der Waals surface area contributed by atoms with E-state index in [-0.39, 0.29) is 24.1 Å². The summed E-state index contributed by atoms with van der Waals surface area (Å²) in [4.78, 5) is 34.2. The predicted molar refractivity (Wildman–Crippen MR) is 133 cm³/mol. The fraction of sp³-hybridized carbons (Fsp3) is 0.154. The number of hydrogen-bond donors (Lipinski definition) is 2. The molecule has 0 spiro atoms. The Morgan fingerprint density at radius 1 is 1.03 bits per heavy atom. The van der Waals surface area contributed by atoms with Crippen LogP contribution in [0.3, 0.4) is 0 Å². The number of nitrogens with one attached hydrogen (secondary N) is 2. The molecule has 0 fully saturated rings. The highest BCUT2D eigenvalue weighted by Gasteiger charge is 2.20. The Balaban J connectivity index is 1.31. The van der Waals surface area contributed by atoms with Crippen LogP contribution in [0.25, 0.3) is 22.4 Å². The van der Waals surface area contributed by atoms with Gasteiger partial charge in [-0.15, -0.1) is 5.10 Å². The van der Waals surface area contributed by atoms with Gasteiger partial charge in [-0.2, -0.15) is 0 Å². The third-order valence-electron chi connectivity index (χ3n) is 5.61. The van der Waals surface area contributed by atoms with Crippen LogP contribution < -0.4 is 10.6 Å². The van der Waals surface area contributed by atoms with Gasteiger partial charge in [-0.25, -0.2) is 14.6 Å². The number of anilines is 1. The molecule has 36 heavy (non-hydrogen) atoms. The summed E-state index contributed by atoms with van der Waals surface area (Å²) in [5, 5.41) is 14.2. The zero-order chi connectivity index (χ0) is 25.1. The molecule has 10 nitrogen and oxygen atoms in total. The highest BCUT2D eigenvalue weighted by atomic mass is 16.5. The van der Waals surface area contributed by atoms with Crippen LogP contribution in [-0.4, -0.2) is 36.7 Å². The van der Waals surface area contributed by atoms with Gasteiger partial charge in [0.15, 0.2) is 0 Å². The Labute approximate surface area is 206 Å². The molecule has 10 heteroatoms. The molecule has 3 heterocycles. The second kappa shape index (κ2) is 9.79. The maximum atomic E-state index is 13.2. The second-order valence-corrected chi connectivity index (χ2v) is 8.35. The Bertz CT molecular complexity index is 1540. The summed E-state index contributed by atoms with van der Waals surface area (Å²) in [6, 6.07) is 19.1. The number of carbonyl (C=O) groups is 2. The minimum absolute atomic E-state index is 0.0302. The third-order valence-corrected chi connectivity index (χ3v) is 5.61. The van der Waals surface area contributed by atoms with Gasteiger partial charge in [0, 0.05) is 12.1 Å². The number of fused-ring (bicyclic) bond motifs is 1. The van der Waals surface area contributed by atoms with E-state index < -0.39 is 5.91 Å². The molecule has 0 aliphatic carbocycles. The topological polar surface area (TPSA) is 128 Å². The van der Waals surface area contributed by atoms with Crippen molar-refractivity contribution in [2.45, 2.75) is 26.9 Å². The van der Waals surface area contributed by atoms with Crippen molar-refractivity contribution < 1.29 is 14.1 Å². The van der Waals surface area contributed by atoms with E-state index in [1.807, 2.05) is 61.5 Å². The van der Waals surface area contributed by atoms with E-state index in [1.54, 1.807) is 13.0 Å². The fourth-order valence-corrected chi connectivity index (χ4v) is 3.74. The van der Waals surface area contributed by atoms with Gasteiger partial charge >= 0.3 is 0 Å². The van der Waals surface area contributed by atoms with Crippen LogP contribution in [0.15, 0.2) is 71.5 Å². The summed E-state index contributed by atoms with van der Waals surface area (Å²) < 4.78 is 6.72. The standard InChI is InChI=1S/C26H23N7O3/c1-16-8-10-19(11-9-16)21-12-20(23-17(2)32-36-25(23)29-21)24(35)30-26-28-15-33(31-26)14-22(34)27-13-18-6-4-3-5-7-18/h3-12,15H,13-14H2,1-2H3,(H,27,34)(H,30,31,35). The number of aryl methyl sites for hydroxylation is 2. The van der Waals surface area contributed by atoms with Crippen LogP contribution in [0.2, 0.25) is 0 Å². The highest BCUT2D eigenvalue weighted by molar-refractivity contribution is 6.12. The van der Waals surface area contributed by atoms with Crippen molar-refractivity contribution in [3.8, 4) is 11.3 Å². The van der Waals surface area contributed by atoms with E-state index in [2.05, 4.69) is 30.9 Å². The molecule has 0 aliphatic heterocycles. The molecule has 0 radical (unpaired) electrons. The van der Waals surface area contributed by atoms with Crippen molar-refractivity contribution in [3.63, 3.8) is 0 Å². The van der Waals surface area contributed by atoms with Gasteiger partial charge in [-0.3, -0.25) is 14.9 Å². The maximum Gasteiger partial charge on any atom is 0.259 e. The number of rotatable bonds is 7. The van der Waals surface area contributed by atoms with Crippen molar-refractivity contribution in [2.75, 3.05) is 5.32 Å². The molecule has 0 bridgehead atoms. The number of pyridine rings is 1. The Morgan fingerprint density at radius 2 is 1.81 bits per heavy atom. The van der Waals surface area contributed by atoms with E-state index in [0.29, 0.717) is 28.9 Å². The van der Waals surface area contributed by atoms with E-state index in [0.717, 1.165) is 16.7 Å². The molecule has 0 atom stereocenters. The van der Waals surface area contributed by atoms with E-state index >= 15 is 0 Å². The van der Waals surface area contributed by atoms with Crippen LogP contribution in [-0.2, 0) is 17.9 Å². The van der Waals surface area contributed by atoms with Gasteiger partial charge < -0.3 is 9.84 Å². The summed E-state index contributed by atoms with van der Waals surface area (Å²) in [7, 11) is 0. The van der Waals surface area contributed by atoms with Gasteiger partial charge in [0.25, 0.3) is 11.6 Å². The lowest BCUT2D eigenvalue weighted by atomic mass is 10.0. The Kier molecular flexibility index (Phi) is 6.23. The molecule has 2 amide bonds. The summed E-state index contributed by atoms with van der Waals surface area (Å²) in [6.07, 6.45) is 1.39. The largest absolute Gasteiger partial charge is 0.350 e. The average molecular weight is 482 g/mol. The molecule has 0 aliphatic rings. The molecule has 3 aromatic heterocycles. The summed E-state index contributed by atoms with van der Waals surface area (Å²) in [5.74, 6) is -0.583. The third kappa shape index (κ3) is 4.97. The number of amides is 2. The van der Waals surface area contributed by atoms with Crippen LogP contribution in [0.1, 0.15) is 27.2 Å². The monoisotopic (exact) mass is 481 g/mol. The molecule has 5 aromatic rings. The number of aromatic nitrogens is 5. The van der Waals surface area contributed by atoms with Crippen molar-refractivity contribution >= 4 is 28.9 Å². The normalized spacial score (nSPS) is 10.9. The van der Waals surface area contributed by atoms with Crippen molar-refractivity contribution in [3.05, 3.63) is 89.4 Å². The van der Waals surface area contributed by atoms with Gasteiger partial charge in [0.2, 0.25) is 11.9 Å². The molecule has 0 saturated carbocycles. The van der Waals surface area contributed by atoms with E-state index in [1.165, 1.54) is 11.0 Å². The van der Waals surface area contributed by atoms with Gasteiger partial charge in [-0.05, 0) is 25.5 Å².